The molecule has 0 aliphatic heterocycles. The second kappa shape index (κ2) is 8.44. The van der Waals surface area contributed by atoms with Gasteiger partial charge in [-0.1, -0.05) is 18.2 Å². The number of benzene rings is 1. The quantitative estimate of drug-likeness (QED) is 0.786. The molecule has 0 atom stereocenters. The lowest BCUT2D eigenvalue weighted by Crippen LogP contribution is -2.30. The van der Waals surface area contributed by atoms with E-state index in [0.29, 0.717) is 6.54 Å². The van der Waals surface area contributed by atoms with Gasteiger partial charge in [0.05, 0.1) is 0 Å². The van der Waals surface area contributed by atoms with Crippen LogP contribution in [0.5, 0.6) is 5.75 Å². The molecule has 0 unspecified atom stereocenters. The van der Waals surface area contributed by atoms with Crippen LogP contribution in [0.3, 0.4) is 0 Å². The van der Waals surface area contributed by atoms with Crippen LogP contribution >= 0.6 is 11.3 Å². The highest BCUT2D eigenvalue weighted by atomic mass is 32.1. The highest BCUT2D eigenvalue weighted by Crippen LogP contribution is 2.13. The van der Waals surface area contributed by atoms with Crippen LogP contribution in [-0.4, -0.2) is 26.1 Å². The van der Waals surface area contributed by atoms with Gasteiger partial charge in [-0.2, -0.15) is 0 Å². The summed E-state index contributed by atoms with van der Waals surface area (Å²) in [6, 6.07) is 11.8. The summed E-state index contributed by atoms with van der Waals surface area (Å²) in [5, 5.41) is 7.98. The minimum atomic E-state index is -0.0921. The molecular formula is C16H20N2O2S. The molecule has 21 heavy (non-hydrogen) atoms. The fraction of sp³-hybridized carbons (Fsp3) is 0.312. The Hall–Kier alpha value is -1.85. The SMILES string of the molecule is CNCc1cccc(OCC(=O)NCCc2cccs2)c1. The molecule has 2 N–H and O–H groups in total. The molecule has 112 valence electrons. The lowest BCUT2D eigenvalue weighted by Gasteiger charge is -2.08. The first-order chi connectivity index (χ1) is 10.3. The van der Waals surface area contributed by atoms with Crippen LogP contribution in [0.4, 0.5) is 0 Å². The molecule has 4 nitrogen and oxygen atoms in total. The minimum Gasteiger partial charge on any atom is -0.484 e. The van der Waals surface area contributed by atoms with Crippen LogP contribution in [0.15, 0.2) is 41.8 Å². The fourth-order valence-corrected chi connectivity index (χ4v) is 2.64. The molecule has 0 bridgehead atoms. The largest absolute Gasteiger partial charge is 0.484 e. The third-order valence-electron chi connectivity index (χ3n) is 2.92. The topological polar surface area (TPSA) is 50.4 Å². The summed E-state index contributed by atoms with van der Waals surface area (Å²) in [7, 11) is 1.90. The molecule has 0 saturated heterocycles. The van der Waals surface area contributed by atoms with Gasteiger partial charge in [-0.15, -0.1) is 11.3 Å². The van der Waals surface area contributed by atoms with Crippen LogP contribution in [0.25, 0.3) is 0 Å². The lowest BCUT2D eigenvalue weighted by molar-refractivity contribution is -0.123. The first-order valence-electron chi connectivity index (χ1n) is 6.93. The molecule has 0 aliphatic carbocycles. The molecule has 0 aliphatic rings. The molecule has 0 spiro atoms. The number of carbonyl (C=O) groups is 1. The first kappa shape index (κ1) is 15.5. The summed E-state index contributed by atoms with van der Waals surface area (Å²) in [4.78, 5) is 13.0. The van der Waals surface area contributed by atoms with Crippen molar-refractivity contribution in [3.8, 4) is 5.75 Å². The third-order valence-corrected chi connectivity index (χ3v) is 3.86. The molecule has 2 rings (SSSR count). The maximum Gasteiger partial charge on any atom is 0.257 e. The van der Waals surface area contributed by atoms with E-state index in [1.54, 1.807) is 11.3 Å². The van der Waals surface area contributed by atoms with E-state index < -0.39 is 0 Å². The molecule has 5 heteroatoms. The number of rotatable bonds is 8. The summed E-state index contributed by atoms with van der Waals surface area (Å²) >= 11 is 1.70. The van der Waals surface area contributed by atoms with Gasteiger partial charge in [0, 0.05) is 18.0 Å². The number of hydrogen-bond donors (Lipinski definition) is 2. The summed E-state index contributed by atoms with van der Waals surface area (Å²) < 4.78 is 5.51. The standard InChI is InChI=1S/C16H20N2O2S/c1-17-11-13-4-2-5-14(10-13)20-12-16(19)18-8-7-15-6-3-9-21-15/h2-6,9-10,17H,7-8,11-12H2,1H3,(H,18,19). The zero-order valence-corrected chi connectivity index (χ0v) is 12.9. The van der Waals surface area contributed by atoms with Crippen molar-refractivity contribution in [2.75, 3.05) is 20.2 Å². The minimum absolute atomic E-state index is 0.0491. The normalized spacial score (nSPS) is 10.3. The van der Waals surface area contributed by atoms with Gasteiger partial charge in [0.2, 0.25) is 0 Å². The average molecular weight is 304 g/mol. The molecule has 1 aromatic carbocycles. The maximum atomic E-state index is 11.7. The number of amides is 1. The molecule has 2 aromatic rings. The Morgan fingerprint density at radius 1 is 1.29 bits per heavy atom. The Kier molecular flexibility index (Phi) is 6.24. The van der Waals surface area contributed by atoms with Gasteiger partial charge in [0.25, 0.3) is 5.91 Å². The molecule has 0 radical (unpaired) electrons. The van der Waals surface area contributed by atoms with E-state index in [4.69, 9.17) is 4.74 Å². The van der Waals surface area contributed by atoms with E-state index in [1.807, 2.05) is 42.8 Å². The van der Waals surface area contributed by atoms with Gasteiger partial charge in [0.1, 0.15) is 5.75 Å². The third kappa shape index (κ3) is 5.57. The Bertz CT molecular complexity index is 555. The Labute approximate surface area is 129 Å². The van der Waals surface area contributed by atoms with Crippen molar-refractivity contribution in [2.45, 2.75) is 13.0 Å². The zero-order valence-electron chi connectivity index (χ0n) is 12.1. The van der Waals surface area contributed by atoms with Crippen LogP contribution < -0.4 is 15.4 Å². The highest BCUT2D eigenvalue weighted by molar-refractivity contribution is 7.09. The first-order valence-corrected chi connectivity index (χ1v) is 7.81. The summed E-state index contributed by atoms with van der Waals surface area (Å²) in [5.41, 5.74) is 1.13. The number of hydrogen-bond acceptors (Lipinski definition) is 4. The van der Waals surface area contributed by atoms with Gasteiger partial charge in [-0.05, 0) is 42.6 Å². The van der Waals surface area contributed by atoms with E-state index >= 15 is 0 Å². The van der Waals surface area contributed by atoms with Crippen molar-refractivity contribution in [1.29, 1.82) is 0 Å². The van der Waals surface area contributed by atoms with Crippen LogP contribution in [0.2, 0.25) is 0 Å². The van der Waals surface area contributed by atoms with Crippen molar-refractivity contribution in [1.82, 2.24) is 10.6 Å². The molecule has 1 heterocycles. The average Bonchev–Trinajstić information content (AvgIpc) is 2.99. The van der Waals surface area contributed by atoms with E-state index in [2.05, 4.69) is 16.7 Å². The van der Waals surface area contributed by atoms with Gasteiger partial charge in [-0.25, -0.2) is 0 Å². The highest BCUT2D eigenvalue weighted by Gasteiger charge is 2.03. The number of nitrogens with one attached hydrogen (secondary N) is 2. The van der Waals surface area contributed by atoms with E-state index in [1.165, 1.54) is 4.88 Å². The summed E-state index contributed by atoms with van der Waals surface area (Å²) in [6.45, 7) is 1.47. The summed E-state index contributed by atoms with van der Waals surface area (Å²) in [5.74, 6) is 0.627. The van der Waals surface area contributed by atoms with Crippen LogP contribution in [0.1, 0.15) is 10.4 Å². The predicted octanol–water partition coefficient (Wildman–Crippen LogP) is 2.21. The van der Waals surface area contributed by atoms with E-state index in [0.717, 1.165) is 24.3 Å². The van der Waals surface area contributed by atoms with Gasteiger partial charge >= 0.3 is 0 Å². The van der Waals surface area contributed by atoms with Crippen molar-refractivity contribution >= 4 is 17.2 Å². The maximum absolute atomic E-state index is 11.7. The van der Waals surface area contributed by atoms with Crippen molar-refractivity contribution in [2.24, 2.45) is 0 Å². The molecular weight excluding hydrogens is 284 g/mol. The van der Waals surface area contributed by atoms with Crippen LogP contribution in [-0.2, 0) is 17.8 Å². The Balaban J connectivity index is 1.69. The summed E-state index contributed by atoms with van der Waals surface area (Å²) in [6.07, 6.45) is 0.862. The molecule has 0 saturated carbocycles. The smallest absolute Gasteiger partial charge is 0.257 e. The fourth-order valence-electron chi connectivity index (χ4n) is 1.93. The number of carbonyl (C=O) groups excluding carboxylic acids is 1. The molecule has 1 amide bonds. The number of ether oxygens (including phenoxy) is 1. The van der Waals surface area contributed by atoms with Gasteiger partial charge < -0.3 is 15.4 Å². The number of thiophene rings is 1. The van der Waals surface area contributed by atoms with Crippen molar-refractivity contribution in [3.63, 3.8) is 0 Å². The molecule has 0 fully saturated rings. The van der Waals surface area contributed by atoms with E-state index in [9.17, 15) is 4.79 Å². The van der Waals surface area contributed by atoms with Crippen molar-refractivity contribution in [3.05, 3.63) is 52.2 Å². The second-order valence-electron chi connectivity index (χ2n) is 4.65. The van der Waals surface area contributed by atoms with Crippen molar-refractivity contribution < 1.29 is 9.53 Å². The zero-order chi connectivity index (χ0) is 14.9. The van der Waals surface area contributed by atoms with Crippen LogP contribution in [0, 0.1) is 0 Å². The predicted molar refractivity (Wildman–Crippen MR) is 85.7 cm³/mol. The Morgan fingerprint density at radius 3 is 2.95 bits per heavy atom. The van der Waals surface area contributed by atoms with Gasteiger partial charge in [-0.3, -0.25) is 4.79 Å². The second-order valence-corrected chi connectivity index (χ2v) is 5.68. The lowest BCUT2D eigenvalue weighted by atomic mass is 10.2. The molecule has 1 aromatic heterocycles. The van der Waals surface area contributed by atoms with Gasteiger partial charge in [0.15, 0.2) is 6.61 Å². The monoisotopic (exact) mass is 304 g/mol. The Morgan fingerprint density at radius 2 is 2.19 bits per heavy atom. The van der Waals surface area contributed by atoms with E-state index in [-0.39, 0.29) is 12.5 Å².